The first-order chi connectivity index (χ1) is 11.6. The lowest BCUT2D eigenvalue weighted by atomic mass is 10.1. The molecule has 1 aliphatic heterocycles. The van der Waals surface area contributed by atoms with E-state index in [9.17, 15) is 4.79 Å². The van der Waals surface area contributed by atoms with Gasteiger partial charge in [0.15, 0.2) is 5.69 Å². The van der Waals surface area contributed by atoms with Crippen LogP contribution in [0.25, 0.3) is 0 Å². The summed E-state index contributed by atoms with van der Waals surface area (Å²) in [6, 6.07) is 14.1. The van der Waals surface area contributed by atoms with Crippen LogP contribution in [0.4, 0.5) is 0 Å². The van der Waals surface area contributed by atoms with Crippen molar-refractivity contribution in [2.75, 3.05) is 26.2 Å². The molecular weight excluding hydrogens is 300 g/mol. The topological polar surface area (TPSA) is 49.3 Å². The van der Waals surface area contributed by atoms with Gasteiger partial charge in [0, 0.05) is 32.7 Å². The van der Waals surface area contributed by atoms with Gasteiger partial charge in [0.2, 0.25) is 0 Å². The van der Waals surface area contributed by atoms with Gasteiger partial charge < -0.3 is 4.90 Å². The molecule has 0 aliphatic carbocycles. The van der Waals surface area contributed by atoms with Crippen LogP contribution in [0.3, 0.4) is 0 Å². The van der Waals surface area contributed by atoms with Crippen LogP contribution in [-0.2, 0) is 6.54 Å². The summed E-state index contributed by atoms with van der Waals surface area (Å²) in [5.74, 6) is 0.306. The first-order valence-corrected chi connectivity index (χ1v) is 8.52. The van der Waals surface area contributed by atoms with Crippen LogP contribution in [0.2, 0.25) is 0 Å². The highest BCUT2D eigenvalue weighted by Crippen LogP contribution is 2.13. The van der Waals surface area contributed by atoms with Gasteiger partial charge in [0.25, 0.3) is 5.91 Å². The van der Waals surface area contributed by atoms with E-state index in [1.807, 2.05) is 17.0 Å². The van der Waals surface area contributed by atoms with Gasteiger partial charge in [-0.15, -0.1) is 5.10 Å². The highest BCUT2D eigenvalue weighted by molar-refractivity contribution is 5.92. The Morgan fingerprint density at radius 3 is 2.29 bits per heavy atom. The Hall–Kier alpha value is -2.27. The molecule has 1 aliphatic rings. The zero-order valence-corrected chi connectivity index (χ0v) is 14.4. The summed E-state index contributed by atoms with van der Waals surface area (Å²) in [5, 5.41) is 8.26. The molecule has 1 aromatic carbocycles. The Kier molecular flexibility index (Phi) is 5.20. The molecule has 0 bridgehead atoms. The quantitative estimate of drug-likeness (QED) is 0.867. The van der Waals surface area contributed by atoms with E-state index in [0.717, 1.165) is 38.4 Å². The number of amides is 1. The van der Waals surface area contributed by atoms with Crippen molar-refractivity contribution in [2.45, 2.75) is 26.3 Å². The fourth-order valence-electron chi connectivity index (χ4n) is 2.88. The maximum Gasteiger partial charge on any atom is 0.274 e. The third kappa shape index (κ3) is 3.97. The fraction of sp³-hybridized carbons (Fsp3) is 0.421. The zero-order chi connectivity index (χ0) is 16.9. The highest BCUT2D eigenvalue weighted by Gasteiger charge is 2.23. The minimum atomic E-state index is -0.0165. The number of hydrogen-bond acceptors (Lipinski definition) is 4. The molecule has 5 nitrogen and oxygen atoms in total. The number of piperazine rings is 1. The molecule has 0 radical (unpaired) electrons. The third-order valence-corrected chi connectivity index (χ3v) is 4.40. The summed E-state index contributed by atoms with van der Waals surface area (Å²) in [7, 11) is 0. The summed E-state index contributed by atoms with van der Waals surface area (Å²) >= 11 is 0. The number of benzene rings is 1. The van der Waals surface area contributed by atoms with Gasteiger partial charge in [-0.2, -0.15) is 5.10 Å². The van der Waals surface area contributed by atoms with Gasteiger partial charge in [-0.3, -0.25) is 9.69 Å². The molecule has 2 heterocycles. The summed E-state index contributed by atoms with van der Waals surface area (Å²) in [6.45, 7) is 8.32. The van der Waals surface area contributed by atoms with E-state index in [1.54, 1.807) is 6.07 Å². The van der Waals surface area contributed by atoms with Crippen LogP contribution in [0.15, 0.2) is 42.5 Å². The Labute approximate surface area is 143 Å². The molecule has 5 heteroatoms. The fourth-order valence-corrected chi connectivity index (χ4v) is 2.88. The molecule has 1 amide bonds. The molecule has 0 saturated carbocycles. The van der Waals surface area contributed by atoms with Crippen LogP contribution >= 0.6 is 0 Å². The second-order valence-electron chi connectivity index (χ2n) is 6.55. The normalized spacial score (nSPS) is 15.7. The Morgan fingerprint density at radius 1 is 1.00 bits per heavy atom. The van der Waals surface area contributed by atoms with Gasteiger partial charge in [-0.1, -0.05) is 44.2 Å². The number of carbonyl (C=O) groups is 1. The standard InChI is InChI=1S/C19H24N4O/c1-15(2)17-8-9-18(21-20-17)19(24)23-12-10-22(11-13-23)14-16-6-4-3-5-7-16/h3-9,15H,10-14H2,1-2H3. The van der Waals surface area contributed by atoms with Crippen molar-refractivity contribution >= 4 is 5.91 Å². The SMILES string of the molecule is CC(C)c1ccc(C(=O)N2CCN(Cc3ccccc3)CC2)nn1. The van der Waals surface area contributed by atoms with Crippen LogP contribution in [0.1, 0.15) is 41.5 Å². The molecule has 0 spiro atoms. The van der Waals surface area contributed by atoms with Crippen molar-refractivity contribution in [2.24, 2.45) is 0 Å². The summed E-state index contributed by atoms with van der Waals surface area (Å²) < 4.78 is 0. The second-order valence-corrected chi connectivity index (χ2v) is 6.55. The lowest BCUT2D eigenvalue weighted by molar-refractivity contribution is 0.0621. The molecule has 1 saturated heterocycles. The first-order valence-electron chi connectivity index (χ1n) is 8.52. The van der Waals surface area contributed by atoms with E-state index in [0.29, 0.717) is 11.6 Å². The molecular formula is C19H24N4O. The zero-order valence-electron chi connectivity index (χ0n) is 14.4. The number of aromatic nitrogens is 2. The van der Waals surface area contributed by atoms with Crippen LogP contribution in [0.5, 0.6) is 0 Å². The van der Waals surface area contributed by atoms with Gasteiger partial charge in [-0.05, 0) is 23.6 Å². The van der Waals surface area contributed by atoms with Gasteiger partial charge >= 0.3 is 0 Å². The summed E-state index contributed by atoms with van der Waals surface area (Å²) in [6.07, 6.45) is 0. The smallest absolute Gasteiger partial charge is 0.274 e. The van der Waals surface area contributed by atoms with Crippen molar-refractivity contribution < 1.29 is 4.79 Å². The average molecular weight is 324 g/mol. The number of hydrogen-bond donors (Lipinski definition) is 0. The van der Waals surface area contributed by atoms with Crippen molar-refractivity contribution in [1.82, 2.24) is 20.0 Å². The van der Waals surface area contributed by atoms with E-state index >= 15 is 0 Å². The lowest BCUT2D eigenvalue weighted by Crippen LogP contribution is -2.48. The monoisotopic (exact) mass is 324 g/mol. The predicted octanol–water partition coefficient (Wildman–Crippen LogP) is 2.56. The van der Waals surface area contributed by atoms with Crippen LogP contribution in [-0.4, -0.2) is 52.1 Å². The Balaban J connectivity index is 1.55. The first kappa shape index (κ1) is 16.6. The molecule has 1 fully saturated rings. The van der Waals surface area contributed by atoms with Gasteiger partial charge in [0.05, 0.1) is 5.69 Å². The summed E-state index contributed by atoms with van der Waals surface area (Å²) in [5.41, 5.74) is 2.67. The largest absolute Gasteiger partial charge is 0.335 e. The maximum atomic E-state index is 12.6. The minimum Gasteiger partial charge on any atom is -0.335 e. The maximum absolute atomic E-state index is 12.6. The van der Waals surface area contributed by atoms with E-state index < -0.39 is 0 Å². The molecule has 2 aromatic rings. The number of nitrogens with zero attached hydrogens (tertiary/aromatic N) is 4. The van der Waals surface area contributed by atoms with Gasteiger partial charge in [-0.25, -0.2) is 0 Å². The second kappa shape index (κ2) is 7.53. The predicted molar refractivity (Wildman–Crippen MR) is 93.7 cm³/mol. The molecule has 24 heavy (non-hydrogen) atoms. The van der Waals surface area contributed by atoms with Crippen molar-refractivity contribution in [3.8, 4) is 0 Å². The molecule has 0 unspecified atom stereocenters. The third-order valence-electron chi connectivity index (χ3n) is 4.40. The molecule has 126 valence electrons. The molecule has 1 aromatic heterocycles. The van der Waals surface area contributed by atoms with E-state index in [4.69, 9.17) is 0 Å². The van der Waals surface area contributed by atoms with Crippen molar-refractivity contribution in [3.63, 3.8) is 0 Å². The van der Waals surface area contributed by atoms with E-state index in [-0.39, 0.29) is 5.91 Å². The van der Waals surface area contributed by atoms with E-state index in [2.05, 4.69) is 53.2 Å². The Bertz CT molecular complexity index is 662. The summed E-state index contributed by atoms with van der Waals surface area (Å²) in [4.78, 5) is 16.8. The minimum absolute atomic E-state index is 0.0165. The molecule has 3 rings (SSSR count). The molecule has 0 N–H and O–H groups in total. The van der Waals surface area contributed by atoms with Crippen molar-refractivity contribution in [1.29, 1.82) is 0 Å². The van der Waals surface area contributed by atoms with Crippen LogP contribution in [0, 0.1) is 0 Å². The van der Waals surface area contributed by atoms with Gasteiger partial charge in [0.1, 0.15) is 0 Å². The lowest BCUT2D eigenvalue weighted by Gasteiger charge is -2.34. The Morgan fingerprint density at radius 2 is 1.71 bits per heavy atom. The average Bonchev–Trinajstić information content (AvgIpc) is 2.63. The molecule has 0 atom stereocenters. The number of rotatable bonds is 4. The van der Waals surface area contributed by atoms with E-state index in [1.165, 1.54) is 5.56 Å². The number of carbonyl (C=O) groups excluding carboxylic acids is 1. The van der Waals surface area contributed by atoms with Crippen molar-refractivity contribution in [3.05, 3.63) is 59.4 Å². The van der Waals surface area contributed by atoms with Crippen LogP contribution < -0.4 is 0 Å². The highest BCUT2D eigenvalue weighted by atomic mass is 16.2.